The fourth-order valence-electron chi connectivity index (χ4n) is 3.26. The van der Waals surface area contributed by atoms with Crippen molar-refractivity contribution >= 4 is 23.2 Å². The van der Waals surface area contributed by atoms with Gasteiger partial charge in [0, 0.05) is 16.8 Å². The fourth-order valence-corrected chi connectivity index (χ4v) is 3.48. The lowest BCUT2D eigenvalue weighted by atomic mass is 10.1. The summed E-state index contributed by atoms with van der Waals surface area (Å²) in [6.45, 7) is 1.71. The number of nitrogens with zero attached hydrogens (tertiary/aromatic N) is 2. The predicted octanol–water partition coefficient (Wildman–Crippen LogP) is 6.48. The Kier molecular flexibility index (Phi) is 5.86. The molecule has 3 aromatic carbocycles. The molecular formula is C24H17ClF3N3O2. The number of anilines is 1. The molecule has 1 aromatic heterocycles. The zero-order chi connectivity index (χ0) is 23.8. The number of halogens is 4. The second-order valence-electron chi connectivity index (χ2n) is 7.31. The summed E-state index contributed by atoms with van der Waals surface area (Å²) in [5.41, 5.74) is 1.27. The molecule has 0 atom stereocenters. The van der Waals surface area contributed by atoms with E-state index in [9.17, 15) is 23.1 Å². The molecule has 2 N–H and O–H groups in total. The van der Waals surface area contributed by atoms with Crippen LogP contribution in [-0.2, 0) is 6.18 Å². The van der Waals surface area contributed by atoms with Gasteiger partial charge >= 0.3 is 6.18 Å². The number of phenols is 1. The van der Waals surface area contributed by atoms with Crippen LogP contribution in [0, 0.1) is 6.92 Å². The first-order valence-corrected chi connectivity index (χ1v) is 10.1. The average Bonchev–Trinajstić information content (AvgIpc) is 3.22. The second-order valence-corrected chi connectivity index (χ2v) is 7.72. The van der Waals surface area contributed by atoms with Crippen molar-refractivity contribution in [2.45, 2.75) is 13.1 Å². The second kappa shape index (κ2) is 8.63. The van der Waals surface area contributed by atoms with Gasteiger partial charge in [-0.15, -0.1) is 0 Å². The van der Waals surface area contributed by atoms with E-state index in [0.29, 0.717) is 28.1 Å². The highest BCUT2D eigenvalue weighted by Crippen LogP contribution is 2.34. The summed E-state index contributed by atoms with van der Waals surface area (Å²) < 4.78 is 41.2. The fraction of sp³-hybridized carbons (Fsp3) is 0.0833. The Labute approximate surface area is 192 Å². The third kappa shape index (κ3) is 4.70. The lowest BCUT2D eigenvalue weighted by Crippen LogP contribution is -2.11. The van der Waals surface area contributed by atoms with Crippen molar-refractivity contribution < 1.29 is 23.1 Å². The summed E-state index contributed by atoms with van der Waals surface area (Å²) in [5, 5.41) is 16.3. The highest BCUT2D eigenvalue weighted by molar-refractivity contribution is 6.32. The van der Waals surface area contributed by atoms with Gasteiger partial charge < -0.3 is 10.4 Å². The molecule has 0 aliphatic rings. The number of aryl methyl sites for hydroxylation is 1. The summed E-state index contributed by atoms with van der Waals surface area (Å²) in [7, 11) is 0. The van der Waals surface area contributed by atoms with Gasteiger partial charge in [-0.05, 0) is 61.0 Å². The number of aromatic nitrogens is 2. The van der Waals surface area contributed by atoms with Crippen LogP contribution in [0.1, 0.15) is 21.6 Å². The third-order valence-electron chi connectivity index (χ3n) is 4.98. The van der Waals surface area contributed by atoms with Crippen LogP contribution in [0.3, 0.4) is 0 Å². The van der Waals surface area contributed by atoms with E-state index in [1.54, 1.807) is 55.5 Å². The Morgan fingerprint density at radius 3 is 2.36 bits per heavy atom. The molecule has 4 aromatic rings. The molecule has 33 heavy (non-hydrogen) atoms. The van der Waals surface area contributed by atoms with Crippen LogP contribution >= 0.6 is 11.6 Å². The van der Waals surface area contributed by atoms with Crippen molar-refractivity contribution in [2.24, 2.45) is 0 Å². The van der Waals surface area contributed by atoms with Gasteiger partial charge in [-0.1, -0.05) is 35.9 Å². The molecule has 0 saturated heterocycles. The number of carbonyl (C=O) groups is 1. The minimum absolute atomic E-state index is 0.116. The molecule has 0 fully saturated rings. The third-order valence-corrected chi connectivity index (χ3v) is 5.30. The van der Waals surface area contributed by atoms with E-state index in [1.165, 1.54) is 18.2 Å². The molecule has 168 valence electrons. The highest BCUT2D eigenvalue weighted by Gasteiger charge is 2.35. The molecule has 0 saturated carbocycles. The molecule has 0 bridgehead atoms. The summed E-state index contributed by atoms with van der Waals surface area (Å²) in [6, 6.07) is 18.2. The van der Waals surface area contributed by atoms with E-state index in [0.717, 1.165) is 10.7 Å². The van der Waals surface area contributed by atoms with Gasteiger partial charge in [-0.3, -0.25) is 4.79 Å². The van der Waals surface area contributed by atoms with Crippen molar-refractivity contribution in [3.8, 4) is 22.7 Å². The van der Waals surface area contributed by atoms with Crippen LogP contribution in [0.25, 0.3) is 16.9 Å². The molecule has 5 nitrogen and oxygen atoms in total. The number of nitrogens with one attached hydrogen (secondary N) is 1. The standard InChI is InChI=1S/C24H17ClF3N3O2/c1-14-12-17(10-11-21(14)32)29-23(33)16-8-6-15(7-9-16)20-13-22(24(26,27)28)30-31(20)19-5-3-2-4-18(19)25/h2-13,32H,1H3,(H,29,33). The first kappa shape index (κ1) is 22.4. The molecule has 0 aliphatic heterocycles. The van der Waals surface area contributed by atoms with Crippen LogP contribution in [-0.4, -0.2) is 20.8 Å². The van der Waals surface area contributed by atoms with E-state index in [4.69, 9.17) is 11.6 Å². The number of phenolic OH excluding ortho intramolecular Hbond substituents is 1. The van der Waals surface area contributed by atoms with Crippen molar-refractivity contribution in [3.63, 3.8) is 0 Å². The van der Waals surface area contributed by atoms with E-state index in [2.05, 4.69) is 10.4 Å². The van der Waals surface area contributed by atoms with Crippen LogP contribution in [0.15, 0.2) is 72.8 Å². The van der Waals surface area contributed by atoms with Crippen molar-refractivity contribution in [1.29, 1.82) is 0 Å². The Balaban J connectivity index is 1.67. The molecule has 0 spiro atoms. The molecule has 1 heterocycles. The molecular weight excluding hydrogens is 455 g/mol. The summed E-state index contributed by atoms with van der Waals surface area (Å²) in [5.74, 6) is -0.284. The average molecular weight is 472 g/mol. The largest absolute Gasteiger partial charge is 0.508 e. The number of alkyl halides is 3. The highest BCUT2D eigenvalue weighted by atomic mass is 35.5. The van der Waals surface area contributed by atoms with Gasteiger partial charge in [-0.2, -0.15) is 18.3 Å². The van der Waals surface area contributed by atoms with Crippen LogP contribution in [0.5, 0.6) is 5.75 Å². The summed E-state index contributed by atoms with van der Waals surface area (Å²) in [4.78, 5) is 12.6. The van der Waals surface area contributed by atoms with Crippen molar-refractivity contribution in [1.82, 2.24) is 9.78 Å². The Morgan fingerprint density at radius 1 is 1.03 bits per heavy atom. The van der Waals surface area contributed by atoms with Gasteiger partial charge in [0.2, 0.25) is 0 Å². The first-order valence-electron chi connectivity index (χ1n) is 9.77. The maximum absolute atomic E-state index is 13.4. The number of rotatable bonds is 4. The number of amides is 1. The van der Waals surface area contributed by atoms with E-state index in [-0.39, 0.29) is 16.5 Å². The maximum Gasteiger partial charge on any atom is 0.435 e. The molecule has 0 aliphatic carbocycles. The van der Waals surface area contributed by atoms with Gasteiger partial charge in [0.25, 0.3) is 5.91 Å². The van der Waals surface area contributed by atoms with Gasteiger partial charge in [0.15, 0.2) is 5.69 Å². The first-order chi connectivity index (χ1) is 15.6. The van der Waals surface area contributed by atoms with Gasteiger partial charge in [0.1, 0.15) is 5.75 Å². The monoisotopic (exact) mass is 471 g/mol. The minimum atomic E-state index is -4.64. The van der Waals surface area contributed by atoms with E-state index < -0.39 is 17.8 Å². The SMILES string of the molecule is Cc1cc(NC(=O)c2ccc(-c3cc(C(F)(F)F)nn3-c3ccccc3Cl)cc2)ccc1O. The predicted molar refractivity (Wildman–Crippen MR) is 120 cm³/mol. The number of hydrogen-bond acceptors (Lipinski definition) is 3. The summed E-state index contributed by atoms with van der Waals surface area (Å²) in [6.07, 6.45) is -4.64. The van der Waals surface area contributed by atoms with Gasteiger partial charge in [0.05, 0.1) is 16.4 Å². The molecule has 0 unspecified atom stereocenters. The van der Waals surface area contributed by atoms with Gasteiger partial charge in [-0.25, -0.2) is 4.68 Å². The zero-order valence-corrected chi connectivity index (χ0v) is 17.9. The topological polar surface area (TPSA) is 67.2 Å². The maximum atomic E-state index is 13.4. The number of hydrogen-bond donors (Lipinski definition) is 2. The molecule has 9 heteroatoms. The zero-order valence-electron chi connectivity index (χ0n) is 17.2. The molecule has 0 radical (unpaired) electrons. The quantitative estimate of drug-likeness (QED) is 0.335. The number of carbonyl (C=O) groups excluding carboxylic acids is 1. The minimum Gasteiger partial charge on any atom is -0.508 e. The normalized spacial score (nSPS) is 11.4. The lowest BCUT2D eigenvalue weighted by molar-refractivity contribution is -0.141. The van der Waals surface area contributed by atoms with Crippen molar-refractivity contribution in [2.75, 3.05) is 5.32 Å². The van der Waals surface area contributed by atoms with E-state index >= 15 is 0 Å². The Bertz CT molecular complexity index is 1330. The summed E-state index contributed by atoms with van der Waals surface area (Å²) >= 11 is 6.20. The molecule has 4 rings (SSSR count). The van der Waals surface area contributed by atoms with Crippen LogP contribution < -0.4 is 5.32 Å². The van der Waals surface area contributed by atoms with E-state index in [1.807, 2.05) is 0 Å². The van der Waals surface area contributed by atoms with Crippen molar-refractivity contribution in [3.05, 3.63) is 94.6 Å². The number of aromatic hydroxyl groups is 1. The Morgan fingerprint density at radius 2 is 1.73 bits per heavy atom. The molecule has 1 amide bonds. The van der Waals surface area contributed by atoms with Crippen LogP contribution in [0.4, 0.5) is 18.9 Å². The number of benzene rings is 3. The lowest BCUT2D eigenvalue weighted by Gasteiger charge is -2.10. The smallest absolute Gasteiger partial charge is 0.435 e. The van der Waals surface area contributed by atoms with Crippen LogP contribution in [0.2, 0.25) is 5.02 Å². The number of para-hydroxylation sites is 1. The Hall–Kier alpha value is -3.78.